The normalized spacial score (nSPS) is 20.3. The monoisotopic (exact) mass is 280 g/mol. The number of hydrogen-bond acceptors (Lipinski definition) is 4. The summed E-state index contributed by atoms with van der Waals surface area (Å²) < 4.78 is 0. The topological polar surface area (TPSA) is 57.3 Å². The summed E-state index contributed by atoms with van der Waals surface area (Å²) in [5, 5.41) is 6.63. The molecule has 19 heavy (non-hydrogen) atoms. The Labute approximate surface area is 117 Å². The number of carbonyl (C=O) groups excluding carboxylic acids is 1. The molecule has 0 atom stereocenters. The van der Waals surface area contributed by atoms with Crippen LogP contribution in [0.25, 0.3) is 0 Å². The van der Waals surface area contributed by atoms with Crippen LogP contribution in [0.1, 0.15) is 36.3 Å². The lowest BCUT2D eigenvalue weighted by atomic mass is 10.2. The molecule has 0 bridgehead atoms. The van der Waals surface area contributed by atoms with Gasteiger partial charge in [0.05, 0.1) is 5.69 Å². The van der Waals surface area contributed by atoms with Crippen LogP contribution >= 0.6 is 11.3 Å². The third-order valence-corrected chi connectivity index (χ3v) is 4.83. The van der Waals surface area contributed by atoms with Crippen LogP contribution in [0.3, 0.4) is 0 Å². The highest BCUT2D eigenvalue weighted by molar-refractivity contribution is 7.15. The number of nitrogens with zero attached hydrogens (tertiary/aromatic N) is 2. The molecular formula is C13H20N4OS. The summed E-state index contributed by atoms with van der Waals surface area (Å²) in [5.41, 5.74) is 1.15. The molecule has 2 heterocycles. The SMILES string of the molecule is CN1CCc2nc(NC(=O)NC3CCCC3)sc2C1. The van der Waals surface area contributed by atoms with Crippen molar-refractivity contribution < 1.29 is 4.79 Å². The van der Waals surface area contributed by atoms with Gasteiger partial charge in [-0.3, -0.25) is 5.32 Å². The molecule has 3 rings (SSSR count). The highest BCUT2D eigenvalue weighted by Gasteiger charge is 2.20. The van der Waals surface area contributed by atoms with Crippen LogP contribution in [0.5, 0.6) is 0 Å². The van der Waals surface area contributed by atoms with Gasteiger partial charge in [-0.05, 0) is 19.9 Å². The molecule has 0 spiro atoms. The first kappa shape index (κ1) is 12.9. The molecular weight excluding hydrogens is 260 g/mol. The Morgan fingerprint density at radius 2 is 2.21 bits per heavy atom. The lowest BCUT2D eigenvalue weighted by molar-refractivity contribution is 0.248. The van der Waals surface area contributed by atoms with E-state index in [1.165, 1.54) is 17.7 Å². The fraction of sp³-hybridized carbons (Fsp3) is 0.692. The Bertz CT molecular complexity index is 467. The van der Waals surface area contributed by atoms with E-state index in [2.05, 4.69) is 27.6 Å². The van der Waals surface area contributed by atoms with Crippen molar-refractivity contribution in [3.8, 4) is 0 Å². The van der Waals surface area contributed by atoms with E-state index in [0.29, 0.717) is 6.04 Å². The van der Waals surface area contributed by atoms with Gasteiger partial charge in [-0.15, -0.1) is 11.3 Å². The number of likely N-dealkylation sites (N-methyl/N-ethyl adjacent to an activating group) is 1. The molecule has 1 aromatic heterocycles. The van der Waals surface area contributed by atoms with Gasteiger partial charge < -0.3 is 10.2 Å². The van der Waals surface area contributed by atoms with Crippen LogP contribution in [-0.4, -0.2) is 35.5 Å². The third-order valence-electron chi connectivity index (χ3n) is 3.83. The summed E-state index contributed by atoms with van der Waals surface area (Å²) in [5.74, 6) is 0. The van der Waals surface area contributed by atoms with Gasteiger partial charge in [-0.1, -0.05) is 12.8 Å². The predicted octanol–water partition coefficient (Wildman–Crippen LogP) is 2.20. The largest absolute Gasteiger partial charge is 0.335 e. The Kier molecular flexibility index (Phi) is 3.70. The average molecular weight is 280 g/mol. The lowest BCUT2D eigenvalue weighted by Gasteiger charge is -2.20. The molecule has 1 fully saturated rings. The summed E-state index contributed by atoms with van der Waals surface area (Å²) in [6.45, 7) is 1.99. The van der Waals surface area contributed by atoms with Crippen molar-refractivity contribution in [2.24, 2.45) is 0 Å². The maximum Gasteiger partial charge on any atom is 0.321 e. The quantitative estimate of drug-likeness (QED) is 0.873. The minimum atomic E-state index is -0.105. The summed E-state index contributed by atoms with van der Waals surface area (Å²) in [7, 11) is 2.11. The van der Waals surface area contributed by atoms with E-state index < -0.39 is 0 Å². The van der Waals surface area contributed by atoms with E-state index in [9.17, 15) is 4.79 Å². The van der Waals surface area contributed by atoms with Crippen molar-refractivity contribution >= 4 is 22.5 Å². The molecule has 1 aliphatic carbocycles. The first-order valence-corrected chi connectivity index (χ1v) is 7.77. The second kappa shape index (κ2) is 5.46. The predicted molar refractivity (Wildman–Crippen MR) is 76.6 cm³/mol. The maximum atomic E-state index is 11.9. The van der Waals surface area contributed by atoms with Crippen LogP contribution < -0.4 is 10.6 Å². The van der Waals surface area contributed by atoms with Gasteiger partial charge in [0.1, 0.15) is 0 Å². The van der Waals surface area contributed by atoms with E-state index in [1.54, 1.807) is 11.3 Å². The number of amides is 2. The molecule has 5 nitrogen and oxygen atoms in total. The van der Waals surface area contributed by atoms with E-state index in [4.69, 9.17) is 0 Å². The number of carbonyl (C=O) groups is 1. The molecule has 0 unspecified atom stereocenters. The average Bonchev–Trinajstić information content (AvgIpc) is 2.97. The minimum Gasteiger partial charge on any atom is -0.335 e. The van der Waals surface area contributed by atoms with Gasteiger partial charge in [-0.25, -0.2) is 9.78 Å². The Morgan fingerprint density at radius 1 is 1.42 bits per heavy atom. The van der Waals surface area contributed by atoms with Crippen LogP contribution in [0, 0.1) is 0 Å². The standard InChI is InChI=1S/C13H20N4OS/c1-17-7-6-10-11(8-17)19-13(15-10)16-12(18)14-9-4-2-3-5-9/h9H,2-8H2,1H3,(H2,14,15,16,18). The van der Waals surface area contributed by atoms with Gasteiger partial charge >= 0.3 is 6.03 Å². The number of fused-ring (bicyclic) bond motifs is 1. The highest BCUT2D eigenvalue weighted by Crippen LogP contribution is 2.27. The fourth-order valence-electron chi connectivity index (χ4n) is 2.77. The number of hydrogen-bond donors (Lipinski definition) is 2. The zero-order valence-electron chi connectivity index (χ0n) is 11.2. The number of thiazole rings is 1. The van der Waals surface area contributed by atoms with Crippen molar-refractivity contribution in [3.63, 3.8) is 0 Å². The number of rotatable bonds is 2. The number of anilines is 1. The fourth-order valence-corrected chi connectivity index (χ4v) is 3.85. The summed E-state index contributed by atoms with van der Waals surface area (Å²) >= 11 is 1.60. The smallest absolute Gasteiger partial charge is 0.321 e. The summed E-state index contributed by atoms with van der Waals surface area (Å²) in [6.07, 6.45) is 5.64. The van der Waals surface area contributed by atoms with Gasteiger partial charge in [0.25, 0.3) is 0 Å². The van der Waals surface area contributed by atoms with Crippen LogP contribution in [0.4, 0.5) is 9.93 Å². The molecule has 0 radical (unpaired) electrons. The molecule has 6 heteroatoms. The molecule has 0 aromatic carbocycles. The molecule has 104 valence electrons. The molecule has 2 N–H and O–H groups in total. The second-order valence-electron chi connectivity index (χ2n) is 5.46. The van der Waals surface area contributed by atoms with Crippen molar-refractivity contribution in [2.75, 3.05) is 18.9 Å². The van der Waals surface area contributed by atoms with E-state index in [-0.39, 0.29) is 6.03 Å². The first-order chi connectivity index (χ1) is 9.20. The molecule has 2 amide bonds. The van der Waals surface area contributed by atoms with Gasteiger partial charge in [0, 0.05) is 30.4 Å². The third kappa shape index (κ3) is 3.06. The second-order valence-corrected chi connectivity index (χ2v) is 6.54. The molecule has 2 aliphatic rings. The summed E-state index contributed by atoms with van der Waals surface area (Å²) in [6, 6.07) is 0.243. The molecule has 0 saturated heterocycles. The molecule has 1 aliphatic heterocycles. The highest BCUT2D eigenvalue weighted by atomic mass is 32.1. The van der Waals surface area contributed by atoms with Gasteiger partial charge in [0.15, 0.2) is 5.13 Å². The number of urea groups is 1. The zero-order chi connectivity index (χ0) is 13.2. The summed E-state index contributed by atoms with van der Waals surface area (Å²) in [4.78, 5) is 20.0. The molecule has 1 saturated carbocycles. The molecule has 1 aromatic rings. The minimum absolute atomic E-state index is 0.105. The Hall–Kier alpha value is -1.14. The first-order valence-electron chi connectivity index (χ1n) is 6.95. The zero-order valence-corrected chi connectivity index (χ0v) is 12.1. The van der Waals surface area contributed by atoms with E-state index >= 15 is 0 Å². The van der Waals surface area contributed by atoms with E-state index in [1.807, 2.05) is 0 Å². The van der Waals surface area contributed by atoms with Gasteiger partial charge in [0.2, 0.25) is 0 Å². The lowest BCUT2D eigenvalue weighted by Crippen LogP contribution is -2.36. The van der Waals surface area contributed by atoms with Gasteiger partial charge in [-0.2, -0.15) is 0 Å². The van der Waals surface area contributed by atoms with E-state index in [0.717, 1.165) is 43.2 Å². The van der Waals surface area contributed by atoms with Crippen molar-refractivity contribution in [2.45, 2.75) is 44.7 Å². The Balaban J connectivity index is 1.59. The van der Waals surface area contributed by atoms with Crippen molar-refractivity contribution in [3.05, 3.63) is 10.6 Å². The van der Waals surface area contributed by atoms with Crippen molar-refractivity contribution in [1.29, 1.82) is 0 Å². The number of nitrogens with one attached hydrogen (secondary N) is 2. The maximum absolute atomic E-state index is 11.9. The van der Waals surface area contributed by atoms with Crippen LogP contribution in [0.15, 0.2) is 0 Å². The van der Waals surface area contributed by atoms with Crippen molar-refractivity contribution in [1.82, 2.24) is 15.2 Å². The number of aromatic nitrogens is 1. The van der Waals surface area contributed by atoms with Crippen LogP contribution in [0.2, 0.25) is 0 Å². The Morgan fingerprint density at radius 3 is 3.00 bits per heavy atom. The van der Waals surface area contributed by atoms with Crippen LogP contribution in [-0.2, 0) is 13.0 Å².